The number of amides is 1. The Bertz CT molecular complexity index is 483. The van der Waals surface area contributed by atoms with Gasteiger partial charge in [-0.2, -0.15) is 0 Å². The molecule has 3 nitrogen and oxygen atoms in total. The highest BCUT2D eigenvalue weighted by Gasteiger charge is 2.46. The summed E-state index contributed by atoms with van der Waals surface area (Å²) >= 11 is 2.35. The van der Waals surface area contributed by atoms with Gasteiger partial charge in [0.05, 0.1) is 5.41 Å². The largest absolute Gasteiger partial charge is 0.338 e. The molecule has 0 bridgehead atoms. The summed E-state index contributed by atoms with van der Waals surface area (Å²) in [7, 11) is 0. The van der Waals surface area contributed by atoms with Gasteiger partial charge in [-0.05, 0) is 66.6 Å². The molecule has 2 fully saturated rings. The summed E-state index contributed by atoms with van der Waals surface area (Å²) in [6.45, 7) is 3.67. The minimum Gasteiger partial charge on any atom is -0.338 e. The van der Waals surface area contributed by atoms with Gasteiger partial charge in [0.2, 0.25) is 5.91 Å². The minimum atomic E-state index is -0.0501. The number of halogens is 1. The summed E-state index contributed by atoms with van der Waals surface area (Å²) in [6.07, 6.45) is 3.05. The molecule has 3 rings (SSSR count). The Morgan fingerprint density at radius 1 is 1.21 bits per heavy atom. The van der Waals surface area contributed by atoms with Crippen molar-refractivity contribution in [3.63, 3.8) is 0 Å². The van der Waals surface area contributed by atoms with Crippen LogP contribution in [0.2, 0.25) is 0 Å². The van der Waals surface area contributed by atoms with Crippen LogP contribution >= 0.6 is 22.6 Å². The SMILES string of the molecule is O=C1N(Cc2ccccc2I)CCC12CCNCC2. The van der Waals surface area contributed by atoms with Crippen molar-refractivity contribution in [3.8, 4) is 0 Å². The molecule has 19 heavy (non-hydrogen) atoms. The fourth-order valence-electron chi connectivity index (χ4n) is 3.25. The average molecular weight is 370 g/mol. The van der Waals surface area contributed by atoms with Crippen LogP contribution in [0.4, 0.5) is 0 Å². The van der Waals surface area contributed by atoms with Crippen LogP contribution in [0.5, 0.6) is 0 Å². The van der Waals surface area contributed by atoms with E-state index in [0.29, 0.717) is 5.91 Å². The van der Waals surface area contributed by atoms with E-state index >= 15 is 0 Å². The van der Waals surface area contributed by atoms with Crippen molar-refractivity contribution in [2.24, 2.45) is 5.41 Å². The first kappa shape index (κ1) is 13.4. The van der Waals surface area contributed by atoms with E-state index in [2.05, 4.69) is 51.0 Å². The van der Waals surface area contributed by atoms with Crippen LogP contribution in [-0.2, 0) is 11.3 Å². The molecule has 102 valence electrons. The molecule has 1 amide bonds. The predicted octanol–water partition coefficient (Wildman–Crippen LogP) is 2.39. The number of hydrogen-bond donors (Lipinski definition) is 1. The van der Waals surface area contributed by atoms with Gasteiger partial charge in [0.25, 0.3) is 0 Å². The van der Waals surface area contributed by atoms with Gasteiger partial charge in [0, 0.05) is 16.7 Å². The Labute approximate surface area is 127 Å². The normalized spacial score (nSPS) is 22.2. The summed E-state index contributed by atoms with van der Waals surface area (Å²) in [4.78, 5) is 14.8. The molecule has 0 unspecified atom stereocenters. The van der Waals surface area contributed by atoms with Crippen molar-refractivity contribution in [1.82, 2.24) is 10.2 Å². The molecule has 2 aliphatic heterocycles. The number of nitrogens with one attached hydrogen (secondary N) is 1. The Balaban J connectivity index is 1.74. The van der Waals surface area contributed by atoms with Crippen LogP contribution in [0.15, 0.2) is 24.3 Å². The number of piperidine rings is 1. The molecule has 2 aliphatic rings. The second kappa shape index (κ2) is 5.40. The standard InChI is InChI=1S/C15H19IN2O/c16-13-4-2-1-3-12(13)11-18-10-7-15(14(18)19)5-8-17-9-6-15/h1-4,17H,5-11H2. The Kier molecular flexibility index (Phi) is 3.80. The second-order valence-electron chi connectivity index (χ2n) is 5.60. The molecule has 0 aromatic heterocycles. The highest BCUT2D eigenvalue weighted by atomic mass is 127. The van der Waals surface area contributed by atoms with Crippen LogP contribution in [0.25, 0.3) is 0 Å². The molecule has 1 spiro atoms. The molecule has 1 N–H and O–H groups in total. The molecule has 0 aliphatic carbocycles. The molecule has 1 aromatic rings. The van der Waals surface area contributed by atoms with Gasteiger partial charge in [-0.1, -0.05) is 18.2 Å². The summed E-state index contributed by atoms with van der Waals surface area (Å²) in [5, 5.41) is 3.36. The third-order valence-electron chi connectivity index (χ3n) is 4.48. The fourth-order valence-corrected chi connectivity index (χ4v) is 3.80. The first-order valence-electron chi connectivity index (χ1n) is 6.95. The third-order valence-corrected chi connectivity index (χ3v) is 5.53. The Hall–Kier alpha value is -0.620. The van der Waals surface area contributed by atoms with E-state index in [0.717, 1.165) is 45.4 Å². The maximum atomic E-state index is 12.7. The smallest absolute Gasteiger partial charge is 0.229 e. The van der Waals surface area contributed by atoms with Crippen LogP contribution in [0.1, 0.15) is 24.8 Å². The van der Waals surface area contributed by atoms with Gasteiger partial charge in [-0.3, -0.25) is 4.79 Å². The van der Waals surface area contributed by atoms with E-state index in [4.69, 9.17) is 0 Å². The molecular formula is C15H19IN2O. The van der Waals surface area contributed by atoms with Crippen LogP contribution < -0.4 is 5.32 Å². The first-order chi connectivity index (χ1) is 9.21. The summed E-state index contributed by atoms with van der Waals surface area (Å²) in [6, 6.07) is 8.34. The van der Waals surface area contributed by atoms with Crippen LogP contribution in [-0.4, -0.2) is 30.4 Å². The Morgan fingerprint density at radius 2 is 1.95 bits per heavy atom. The molecule has 4 heteroatoms. The van der Waals surface area contributed by atoms with Gasteiger partial charge >= 0.3 is 0 Å². The fraction of sp³-hybridized carbons (Fsp3) is 0.533. The summed E-state index contributed by atoms with van der Waals surface area (Å²) < 4.78 is 1.25. The molecule has 0 atom stereocenters. The van der Waals surface area contributed by atoms with E-state index in [-0.39, 0.29) is 5.41 Å². The van der Waals surface area contributed by atoms with Crippen molar-refractivity contribution in [3.05, 3.63) is 33.4 Å². The van der Waals surface area contributed by atoms with Crippen molar-refractivity contribution in [1.29, 1.82) is 0 Å². The lowest BCUT2D eigenvalue weighted by Gasteiger charge is -2.32. The average Bonchev–Trinajstić information content (AvgIpc) is 2.72. The molecular weight excluding hydrogens is 351 g/mol. The lowest BCUT2D eigenvalue weighted by atomic mass is 9.78. The molecule has 2 heterocycles. The van der Waals surface area contributed by atoms with Gasteiger partial charge in [0.1, 0.15) is 0 Å². The molecule has 1 aromatic carbocycles. The second-order valence-corrected chi connectivity index (χ2v) is 6.76. The lowest BCUT2D eigenvalue weighted by Crippen LogP contribution is -2.42. The zero-order valence-electron chi connectivity index (χ0n) is 11.0. The van der Waals surface area contributed by atoms with Crippen LogP contribution in [0.3, 0.4) is 0 Å². The van der Waals surface area contributed by atoms with Gasteiger partial charge < -0.3 is 10.2 Å². The van der Waals surface area contributed by atoms with E-state index < -0.39 is 0 Å². The summed E-state index contributed by atoms with van der Waals surface area (Å²) in [5.41, 5.74) is 1.22. The van der Waals surface area contributed by atoms with Gasteiger partial charge in [0.15, 0.2) is 0 Å². The number of carbonyl (C=O) groups excluding carboxylic acids is 1. The number of likely N-dealkylation sites (tertiary alicyclic amines) is 1. The molecule has 2 saturated heterocycles. The minimum absolute atomic E-state index is 0.0501. The van der Waals surface area contributed by atoms with Gasteiger partial charge in [-0.15, -0.1) is 0 Å². The topological polar surface area (TPSA) is 32.3 Å². The monoisotopic (exact) mass is 370 g/mol. The molecule has 0 saturated carbocycles. The van der Waals surface area contributed by atoms with Crippen molar-refractivity contribution in [2.75, 3.05) is 19.6 Å². The first-order valence-corrected chi connectivity index (χ1v) is 8.03. The third kappa shape index (κ3) is 2.52. The number of carbonyl (C=O) groups is 1. The molecule has 0 radical (unpaired) electrons. The van der Waals surface area contributed by atoms with Crippen LogP contribution in [0, 0.1) is 8.99 Å². The van der Waals surface area contributed by atoms with E-state index in [1.807, 2.05) is 6.07 Å². The Morgan fingerprint density at radius 3 is 2.68 bits per heavy atom. The highest BCUT2D eigenvalue weighted by Crippen LogP contribution is 2.40. The zero-order chi connectivity index (χ0) is 13.3. The number of rotatable bonds is 2. The number of benzene rings is 1. The number of nitrogens with zero attached hydrogens (tertiary/aromatic N) is 1. The maximum Gasteiger partial charge on any atom is 0.229 e. The van der Waals surface area contributed by atoms with Crippen molar-refractivity contribution < 1.29 is 4.79 Å². The zero-order valence-corrected chi connectivity index (χ0v) is 13.2. The van der Waals surface area contributed by atoms with Crippen molar-refractivity contribution >= 4 is 28.5 Å². The predicted molar refractivity (Wildman–Crippen MR) is 83.7 cm³/mol. The lowest BCUT2D eigenvalue weighted by molar-refractivity contribution is -0.137. The summed E-state index contributed by atoms with van der Waals surface area (Å²) in [5.74, 6) is 0.383. The quantitative estimate of drug-likeness (QED) is 0.811. The van der Waals surface area contributed by atoms with E-state index in [9.17, 15) is 4.79 Å². The van der Waals surface area contributed by atoms with E-state index in [1.54, 1.807) is 0 Å². The van der Waals surface area contributed by atoms with E-state index in [1.165, 1.54) is 9.13 Å². The van der Waals surface area contributed by atoms with Crippen molar-refractivity contribution in [2.45, 2.75) is 25.8 Å². The highest BCUT2D eigenvalue weighted by molar-refractivity contribution is 14.1. The maximum absolute atomic E-state index is 12.7. The van der Waals surface area contributed by atoms with Gasteiger partial charge in [-0.25, -0.2) is 0 Å². The number of hydrogen-bond acceptors (Lipinski definition) is 2.